The van der Waals surface area contributed by atoms with E-state index in [9.17, 15) is 4.79 Å². The van der Waals surface area contributed by atoms with Crippen LogP contribution in [0.25, 0.3) is 0 Å². The van der Waals surface area contributed by atoms with Gasteiger partial charge in [-0.1, -0.05) is 11.6 Å². The minimum Gasteiger partial charge on any atom is -0.329 e. The van der Waals surface area contributed by atoms with Gasteiger partial charge in [0, 0.05) is 29.4 Å². The third kappa shape index (κ3) is 3.20. The molecule has 1 amide bonds. The van der Waals surface area contributed by atoms with Gasteiger partial charge in [-0.25, -0.2) is 4.98 Å². The monoisotopic (exact) mass is 389 g/mol. The second kappa shape index (κ2) is 5.88. The maximum absolute atomic E-state index is 12.5. The number of aryl methyl sites for hydroxylation is 1. The topological polar surface area (TPSA) is 46.9 Å². The van der Waals surface area contributed by atoms with Crippen molar-refractivity contribution in [2.75, 3.05) is 5.32 Å². The molecule has 0 unspecified atom stereocenters. The number of carbonyl (C=O) groups excluding carboxylic acids is 1. The third-order valence-corrected chi connectivity index (χ3v) is 6.42. The Morgan fingerprint density at radius 3 is 2.70 bits per heavy atom. The molecule has 0 aliphatic heterocycles. The van der Waals surface area contributed by atoms with Crippen LogP contribution in [0.4, 0.5) is 5.69 Å². The van der Waals surface area contributed by atoms with Gasteiger partial charge < -0.3 is 9.88 Å². The van der Waals surface area contributed by atoms with E-state index < -0.39 is 9.75 Å². The number of rotatable bonds is 4. The Hall–Kier alpha value is -0.880. The van der Waals surface area contributed by atoms with E-state index in [0.717, 1.165) is 10.1 Å². The predicted molar refractivity (Wildman–Crippen MR) is 94.6 cm³/mol. The molecule has 8 heteroatoms. The van der Waals surface area contributed by atoms with Gasteiger partial charge in [0.05, 0.1) is 11.1 Å². The van der Waals surface area contributed by atoms with Crippen LogP contribution >= 0.6 is 46.6 Å². The molecule has 1 heterocycles. The lowest BCUT2D eigenvalue weighted by molar-refractivity contribution is -0.120. The van der Waals surface area contributed by atoms with Crippen molar-refractivity contribution in [2.24, 2.45) is 12.5 Å². The summed E-state index contributed by atoms with van der Waals surface area (Å²) in [6, 6.07) is 5.33. The van der Waals surface area contributed by atoms with Gasteiger partial charge in [0.2, 0.25) is 5.91 Å². The molecule has 2 aromatic rings. The molecule has 0 spiro atoms. The van der Waals surface area contributed by atoms with Crippen molar-refractivity contribution in [1.82, 2.24) is 9.55 Å². The molecule has 1 aromatic heterocycles. The summed E-state index contributed by atoms with van der Waals surface area (Å²) in [6.07, 6.45) is 4.01. The largest absolute Gasteiger partial charge is 0.329 e. The van der Waals surface area contributed by atoms with E-state index in [1.165, 1.54) is 11.8 Å². The quantitative estimate of drug-likeness (QED) is 0.767. The van der Waals surface area contributed by atoms with E-state index in [0.29, 0.717) is 17.1 Å². The van der Waals surface area contributed by atoms with E-state index in [2.05, 4.69) is 10.3 Å². The predicted octanol–water partition coefficient (Wildman–Crippen LogP) is 4.75. The van der Waals surface area contributed by atoms with Crippen LogP contribution in [0.5, 0.6) is 0 Å². The third-order valence-electron chi connectivity index (χ3n) is 3.93. The Bertz CT molecular complexity index is 777. The Labute approximate surface area is 153 Å². The van der Waals surface area contributed by atoms with Crippen LogP contribution < -0.4 is 5.32 Å². The SMILES string of the molecule is Cn1ccnc1Sc1ccc(Cl)cc1NC(=O)[C@]1(C)CC1(Cl)Cl. The Kier molecular flexibility index (Phi) is 4.34. The number of halogens is 3. The fraction of sp³-hybridized carbons (Fsp3) is 0.333. The fourth-order valence-corrected chi connectivity index (χ4v) is 3.89. The van der Waals surface area contributed by atoms with Gasteiger partial charge in [-0.05, 0) is 43.3 Å². The molecular formula is C15H14Cl3N3OS. The fourth-order valence-electron chi connectivity index (χ4n) is 2.14. The molecule has 23 heavy (non-hydrogen) atoms. The van der Waals surface area contributed by atoms with Crippen molar-refractivity contribution in [3.63, 3.8) is 0 Å². The number of nitrogens with one attached hydrogen (secondary N) is 1. The van der Waals surface area contributed by atoms with E-state index >= 15 is 0 Å². The maximum atomic E-state index is 12.5. The van der Waals surface area contributed by atoms with Gasteiger partial charge in [-0.3, -0.25) is 4.79 Å². The lowest BCUT2D eigenvalue weighted by Crippen LogP contribution is -2.26. The van der Waals surface area contributed by atoms with Gasteiger partial charge in [0.25, 0.3) is 0 Å². The summed E-state index contributed by atoms with van der Waals surface area (Å²) in [6.45, 7) is 1.75. The van der Waals surface area contributed by atoms with Crippen LogP contribution in [0.1, 0.15) is 13.3 Å². The van der Waals surface area contributed by atoms with E-state index in [1.54, 1.807) is 25.3 Å². The number of imidazole rings is 1. The summed E-state index contributed by atoms with van der Waals surface area (Å²) >= 11 is 19.7. The number of aromatic nitrogens is 2. The average Bonchev–Trinajstić information content (AvgIpc) is 2.77. The summed E-state index contributed by atoms with van der Waals surface area (Å²) in [4.78, 5) is 17.6. The van der Waals surface area contributed by atoms with Crippen molar-refractivity contribution < 1.29 is 4.79 Å². The standard InChI is InChI=1S/C15H14Cl3N3OS/c1-14(8-15(14,17)18)12(22)20-10-7-9(16)3-4-11(10)23-13-19-5-6-21(13)2/h3-7H,8H2,1-2H3,(H,20,22)/t14-/m0/s1. The van der Waals surface area contributed by atoms with Gasteiger partial charge in [0.1, 0.15) is 4.33 Å². The number of amides is 1. The molecule has 0 bridgehead atoms. The molecular weight excluding hydrogens is 377 g/mol. The molecule has 3 rings (SSSR count). The van der Waals surface area contributed by atoms with Crippen LogP contribution in [-0.4, -0.2) is 19.8 Å². The van der Waals surface area contributed by atoms with Crippen LogP contribution in [0.2, 0.25) is 5.02 Å². The van der Waals surface area contributed by atoms with E-state index in [-0.39, 0.29) is 5.91 Å². The normalized spacial score (nSPS) is 22.0. The minimum absolute atomic E-state index is 0.216. The number of nitrogens with zero attached hydrogens (tertiary/aromatic N) is 2. The van der Waals surface area contributed by atoms with Gasteiger partial charge in [0.15, 0.2) is 5.16 Å². The summed E-state index contributed by atoms with van der Waals surface area (Å²) in [5.74, 6) is -0.216. The number of carbonyl (C=O) groups is 1. The molecule has 0 radical (unpaired) electrons. The molecule has 4 nitrogen and oxygen atoms in total. The first kappa shape index (κ1) is 17.0. The van der Waals surface area contributed by atoms with Crippen molar-refractivity contribution >= 4 is 58.2 Å². The number of anilines is 1. The van der Waals surface area contributed by atoms with Crippen LogP contribution in [0.15, 0.2) is 40.6 Å². The highest BCUT2D eigenvalue weighted by Crippen LogP contribution is 2.64. The molecule has 1 aliphatic carbocycles. The van der Waals surface area contributed by atoms with E-state index in [1.807, 2.05) is 23.9 Å². The lowest BCUT2D eigenvalue weighted by atomic mass is 10.1. The van der Waals surface area contributed by atoms with Crippen LogP contribution in [0, 0.1) is 5.41 Å². The molecule has 1 saturated carbocycles. The van der Waals surface area contributed by atoms with Gasteiger partial charge in [-0.2, -0.15) is 0 Å². The first-order valence-electron chi connectivity index (χ1n) is 6.87. The van der Waals surface area contributed by atoms with Gasteiger partial charge in [-0.15, -0.1) is 23.2 Å². The van der Waals surface area contributed by atoms with Crippen LogP contribution in [0.3, 0.4) is 0 Å². The molecule has 122 valence electrons. The highest BCUT2D eigenvalue weighted by Gasteiger charge is 2.67. The number of alkyl halides is 2. The molecule has 1 fully saturated rings. The zero-order valence-corrected chi connectivity index (χ0v) is 15.5. The van der Waals surface area contributed by atoms with Crippen molar-refractivity contribution in [3.05, 3.63) is 35.6 Å². The van der Waals surface area contributed by atoms with Crippen LogP contribution in [-0.2, 0) is 11.8 Å². The highest BCUT2D eigenvalue weighted by molar-refractivity contribution is 7.99. The van der Waals surface area contributed by atoms with Gasteiger partial charge >= 0.3 is 0 Å². The average molecular weight is 391 g/mol. The zero-order valence-electron chi connectivity index (χ0n) is 12.4. The second-order valence-corrected chi connectivity index (χ2v) is 8.66. The van der Waals surface area contributed by atoms with Crippen molar-refractivity contribution in [2.45, 2.75) is 27.7 Å². The number of hydrogen-bond acceptors (Lipinski definition) is 3. The molecule has 1 N–H and O–H groups in total. The van der Waals surface area contributed by atoms with E-state index in [4.69, 9.17) is 34.8 Å². The Morgan fingerprint density at radius 1 is 1.43 bits per heavy atom. The minimum atomic E-state index is -1.01. The zero-order chi connectivity index (χ0) is 16.8. The second-order valence-electron chi connectivity index (χ2n) is 5.73. The van der Waals surface area contributed by atoms with Crippen molar-refractivity contribution in [1.29, 1.82) is 0 Å². The molecule has 1 atom stereocenters. The van der Waals surface area contributed by atoms with Crippen molar-refractivity contribution in [3.8, 4) is 0 Å². The summed E-state index contributed by atoms with van der Waals surface area (Å²) in [7, 11) is 1.91. The molecule has 1 aromatic carbocycles. The summed E-state index contributed by atoms with van der Waals surface area (Å²) in [5, 5.41) is 4.24. The molecule has 1 aliphatic rings. The first-order chi connectivity index (χ1) is 10.7. The highest BCUT2D eigenvalue weighted by atomic mass is 35.5. The maximum Gasteiger partial charge on any atom is 0.233 e. The lowest BCUT2D eigenvalue weighted by Gasteiger charge is -2.15. The number of benzene rings is 1. The Balaban J connectivity index is 1.85. The Morgan fingerprint density at radius 2 is 2.13 bits per heavy atom. The number of hydrogen-bond donors (Lipinski definition) is 1. The summed E-state index contributed by atoms with van der Waals surface area (Å²) < 4.78 is 0.887. The molecule has 0 saturated heterocycles. The summed E-state index contributed by atoms with van der Waals surface area (Å²) in [5.41, 5.74) is -0.170. The first-order valence-corrected chi connectivity index (χ1v) is 8.82. The smallest absolute Gasteiger partial charge is 0.233 e.